The Bertz CT molecular complexity index is 683. The minimum atomic E-state index is -1.26. The van der Waals surface area contributed by atoms with E-state index in [0.29, 0.717) is 12.4 Å². The highest BCUT2D eigenvalue weighted by molar-refractivity contribution is 5.86. The molecule has 0 radical (unpaired) electrons. The fourth-order valence-corrected chi connectivity index (χ4v) is 1.69. The van der Waals surface area contributed by atoms with Gasteiger partial charge in [0.2, 0.25) is 5.82 Å². The van der Waals surface area contributed by atoms with E-state index in [4.69, 9.17) is 5.11 Å². The van der Waals surface area contributed by atoms with Crippen LogP contribution in [0.2, 0.25) is 0 Å². The SMILES string of the molecule is CCn1cnnc1CNc1nc(C(=O)O)ccc1[N+](=O)[O-]. The predicted molar refractivity (Wildman–Crippen MR) is 70.9 cm³/mol. The summed E-state index contributed by atoms with van der Waals surface area (Å²) in [5, 5.41) is 30.2. The summed E-state index contributed by atoms with van der Waals surface area (Å²) in [7, 11) is 0. The maximum atomic E-state index is 10.9. The Labute approximate surface area is 118 Å². The smallest absolute Gasteiger partial charge is 0.354 e. The minimum Gasteiger partial charge on any atom is -0.477 e. The van der Waals surface area contributed by atoms with E-state index in [1.807, 2.05) is 6.92 Å². The molecular weight excluding hydrogens is 280 g/mol. The Morgan fingerprint density at radius 2 is 2.29 bits per heavy atom. The quantitative estimate of drug-likeness (QED) is 0.592. The van der Waals surface area contributed by atoms with E-state index in [1.54, 1.807) is 4.57 Å². The van der Waals surface area contributed by atoms with Gasteiger partial charge in [0.05, 0.1) is 11.5 Å². The number of hydrogen-bond donors (Lipinski definition) is 2. The van der Waals surface area contributed by atoms with E-state index in [0.717, 1.165) is 12.1 Å². The molecule has 2 aromatic rings. The molecule has 2 aromatic heterocycles. The van der Waals surface area contributed by atoms with Gasteiger partial charge in [-0.15, -0.1) is 10.2 Å². The molecule has 0 saturated carbocycles. The molecule has 0 bridgehead atoms. The monoisotopic (exact) mass is 292 g/mol. The first-order chi connectivity index (χ1) is 10.0. The average molecular weight is 292 g/mol. The summed E-state index contributed by atoms with van der Waals surface area (Å²) < 4.78 is 1.75. The molecule has 0 saturated heterocycles. The van der Waals surface area contributed by atoms with Gasteiger partial charge in [-0.3, -0.25) is 10.1 Å². The Morgan fingerprint density at radius 1 is 1.52 bits per heavy atom. The molecule has 2 rings (SSSR count). The van der Waals surface area contributed by atoms with Gasteiger partial charge in [-0.1, -0.05) is 0 Å². The van der Waals surface area contributed by atoms with Crippen LogP contribution in [0.5, 0.6) is 0 Å². The lowest BCUT2D eigenvalue weighted by Gasteiger charge is -2.07. The highest BCUT2D eigenvalue weighted by Crippen LogP contribution is 2.22. The third kappa shape index (κ3) is 3.11. The van der Waals surface area contributed by atoms with Crippen molar-refractivity contribution in [3.8, 4) is 0 Å². The molecule has 10 heteroatoms. The van der Waals surface area contributed by atoms with Crippen LogP contribution >= 0.6 is 0 Å². The van der Waals surface area contributed by atoms with E-state index in [1.165, 1.54) is 6.33 Å². The van der Waals surface area contributed by atoms with Gasteiger partial charge in [0, 0.05) is 12.6 Å². The number of aromatic nitrogens is 4. The summed E-state index contributed by atoms with van der Waals surface area (Å²) in [4.78, 5) is 24.9. The highest BCUT2D eigenvalue weighted by Gasteiger charge is 2.18. The zero-order valence-electron chi connectivity index (χ0n) is 11.1. The normalized spacial score (nSPS) is 10.3. The topological polar surface area (TPSA) is 136 Å². The van der Waals surface area contributed by atoms with Crippen molar-refractivity contribution in [3.05, 3.63) is 40.1 Å². The van der Waals surface area contributed by atoms with Crippen molar-refractivity contribution in [2.75, 3.05) is 5.32 Å². The van der Waals surface area contributed by atoms with E-state index in [9.17, 15) is 14.9 Å². The van der Waals surface area contributed by atoms with Crippen LogP contribution in [0.4, 0.5) is 11.5 Å². The summed E-state index contributed by atoms with van der Waals surface area (Å²) in [5.74, 6) is -0.815. The van der Waals surface area contributed by atoms with Crippen molar-refractivity contribution in [2.45, 2.75) is 20.0 Å². The number of nitrogens with zero attached hydrogens (tertiary/aromatic N) is 5. The number of aromatic carboxylic acids is 1. The van der Waals surface area contributed by atoms with Crippen LogP contribution in [0.3, 0.4) is 0 Å². The first-order valence-corrected chi connectivity index (χ1v) is 6.02. The lowest BCUT2D eigenvalue weighted by molar-refractivity contribution is -0.384. The second-order valence-corrected chi connectivity index (χ2v) is 4.01. The number of anilines is 1. The number of carbonyl (C=O) groups is 1. The van der Waals surface area contributed by atoms with Gasteiger partial charge in [0.15, 0.2) is 11.5 Å². The second kappa shape index (κ2) is 5.94. The second-order valence-electron chi connectivity index (χ2n) is 4.01. The Morgan fingerprint density at radius 3 is 2.90 bits per heavy atom. The Hall–Kier alpha value is -3.04. The molecule has 0 aliphatic heterocycles. The number of aryl methyl sites for hydroxylation is 1. The molecule has 2 heterocycles. The van der Waals surface area contributed by atoms with Crippen molar-refractivity contribution in [2.24, 2.45) is 0 Å². The van der Waals surface area contributed by atoms with E-state index >= 15 is 0 Å². The molecule has 2 N–H and O–H groups in total. The standard InChI is InChI=1S/C11H12N6O4/c1-2-16-6-13-15-9(16)5-12-10-8(17(20)21)4-3-7(14-10)11(18)19/h3-4,6H,2,5H2,1H3,(H,12,14)(H,18,19). The predicted octanol–water partition coefficient (Wildman–Crippen LogP) is 0.911. The van der Waals surface area contributed by atoms with Crippen LogP contribution < -0.4 is 5.32 Å². The fraction of sp³-hybridized carbons (Fsp3) is 0.273. The molecule has 0 aliphatic rings. The van der Waals surface area contributed by atoms with Crippen molar-refractivity contribution >= 4 is 17.5 Å². The molecule has 0 spiro atoms. The lowest BCUT2D eigenvalue weighted by Crippen LogP contribution is -2.11. The van der Waals surface area contributed by atoms with Crippen molar-refractivity contribution in [1.82, 2.24) is 19.7 Å². The van der Waals surface area contributed by atoms with E-state index in [2.05, 4.69) is 20.5 Å². The van der Waals surface area contributed by atoms with Gasteiger partial charge in [-0.05, 0) is 13.0 Å². The van der Waals surface area contributed by atoms with Gasteiger partial charge in [-0.2, -0.15) is 0 Å². The van der Waals surface area contributed by atoms with E-state index in [-0.39, 0.29) is 23.7 Å². The molecule has 0 fully saturated rings. The van der Waals surface area contributed by atoms with E-state index < -0.39 is 10.9 Å². The van der Waals surface area contributed by atoms with Gasteiger partial charge in [0.25, 0.3) is 0 Å². The van der Waals surface area contributed by atoms with Crippen LogP contribution in [0.1, 0.15) is 23.2 Å². The van der Waals surface area contributed by atoms with Gasteiger partial charge in [-0.25, -0.2) is 9.78 Å². The van der Waals surface area contributed by atoms with Crippen LogP contribution in [-0.4, -0.2) is 35.7 Å². The number of nitro groups is 1. The number of rotatable bonds is 6. The molecule has 0 aromatic carbocycles. The van der Waals surface area contributed by atoms with Crippen LogP contribution in [0.25, 0.3) is 0 Å². The highest BCUT2D eigenvalue weighted by atomic mass is 16.6. The molecule has 0 atom stereocenters. The summed E-state index contributed by atoms with van der Waals surface area (Å²) in [5.41, 5.74) is -0.581. The van der Waals surface area contributed by atoms with Gasteiger partial charge >= 0.3 is 11.7 Å². The van der Waals surface area contributed by atoms with Crippen LogP contribution in [0.15, 0.2) is 18.5 Å². The fourth-order valence-electron chi connectivity index (χ4n) is 1.69. The molecule has 110 valence electrons. The molecule has 0 aliphatic carbocycles. The van der Waals surface area contributed by atoms with Crippen LogP contribution in [-0.2, 0) is 13.1 Å². The number of carboxylic acid groups (broad SMARTS) is 1. The number of nitrogens with one attached hydrogen (secondary N) is 1. The summed E-state index contributed by atoms with van der Waals surface area (Å²) in [6.45, 7) is 2.69. The molecule has 10 nitrogen and oxygen atoms in total. The number of pyridine rings is 1. The summed E-state index contributed by atoms with van der Waals surface area (Å²) in [6, 6.07) is 2.18. The first-order valence-electron chi connectivity index (χ1n) is 6.02. The summed E-state index contributed by atoms with van der Waals surface area (Å²) >= 11 is 0. The van der Waals surface area contributed by atoms with Gasteiger partial charge < -0.3 is 15.0 Å². The van der Waals surface area contributed by atoms with Gasteiger partial charge in [0.1, 0.15) is 6.33 Å². The maximum absolute atomic E-state index is 10.9. The lowest BCUT2D eigenvalue weighted by atomic mass is 10.3. The first kappa shape index (κ1) is 14.4. The number of hydrogen-bond acceptors (Lipinski definition) is 7. The minimum absolute atomic E-state index is 0.120. The number of carboxylic acids is 1. The molecule has 0 unspecified atom stereocenters. The Balaban J connectivity index is 2.27. The molecule has 0 amide bonds. The zero-order chi connectivity index (χ0) is 15.4. The molecular formula is C11H12N6O4. The van der Waals surface area contributed by atoms with Crippen molar-refractivity contribution < 1.29 is 14.8 Å². The maximum Gasteiger partial charge on any atom is 0.354 e. The summed E-state index contributed by atoms with van der Waals surface area (Å²) in [6.07, 6.45) is 1.53. The molecule has 21 heavy (non-hydrogen) atoms. The van der Waals surface area contributed by atoms with Crippen LogP contribution in [0, 0.1) is 10.1 Å². The zero-order valence-corrected chi connectivity index (χ0v) is 11.1. The third-order valence-corrected chi connectivity index (χ3v) is 2.74. The Kier molecular flexibility index (Phi) is 4.07. The average Bonchev–Trinajstić information content (AvgIpc) is 2.91. The third-order valence-electron chi connectivity index (χ3n) is 2.74. The van der Waals surface area contributed by atoms with Crippen molar-refractivity contribution in [1.29, 1.82) is 0 Å². The van der Waals surface area contributed by atoms with Crippen molar-refractivity contribution in [3.63, 3.8) is 0 Å². The largest absolute Gasteiger partial charge is 0.477 e.